The first-order valence-electron chi connectivity index (χ1n) is 6.40. The molecule has 1 unspecified atom stereocenters. The topological polar surface area (TPSA) is 35.2 Å². The molecular weight excluding hydrogens is 278 g/mol. The van der Waals surface area contributed by atoms with Gasteiger partial charge in [-0.25, -0.2) is 0 Å². The van der Waals surface area contributed by atoms with Gasteiger partial charge in [-0.2, -0.15) is 0 Å². The SMILES string of the molecule is CCCC(N)CCc1cc(Br)cc2c1OCC2. The third-order valence-electron chi connectivity index (χ3n) is 3.27. The highest BCUT2D eigenvalue weighted by molar-refractivity contribution is 9.10. The van der Waals surface area contributed by atoms with Crippen LogP contribution in [0.1, 0.15) is 37.3 Å². The highest BCUT2D eigenvalue weighted by Crippen LogP contribution is 2.33. The van der Waals surface area contributed by atoms with Gasteiger partial charge in [-0.15, -0.1) is 0 Å². The molecule has 0 fully saturated rings. The average molecular weight is 298 g/mol. The maximum atomic E-state index is 6.06. The quantitative estimate of drug-likeness (QED) is 0.903. The van der Waals surface area contributed by atoms with Gasteiger partial charge in [0.15, 0.2) is 0 Å². The van der Waals surface area contributed by atoms with Crippen LogP contribution in [0.25, 0.3) is 0 Å². The van der Waals surface area contributed by atoms with Crippen molar-refractivity contribution in [2.24, 2.45) is 5.73 Å². The maximum Gasteiger partial charge on any atom is 0.125 e. The maximum absolute atomic E-state index is 6.06. The number of rotatable bonds is 5. The summed E-state index contributed by atoms with van der Waals surface area (Å²) in [6, 6.07) is 4.65. The molecule has 1 aliphatic heterocycles. The van der Waals surface area contributed by atoms with Gasteiger partial charge < -0.3 is 10.5 Å². The Morgan fingerprint density at radius 1 is 1.41 bits per heavy atom. The second-order valence-corrected chi connectivity index (χ2v) is 5.65. The molecule has 0 aliphatic carbocycles. The monoisotopic (exact) mass is 297 g/mol. The number of hydrogen-bond acceptors (Lipinski definition) is 2. The number of halogens is 1. The van der Waals surface area contributed by atoms with Gasteiger partial charge in [-0.3, -0.25) is 0 Å². The van der Waals surface area contributed by atoms with Crippen LogP contribution in [0.5, 0.6) is 5.75 Å². The van der Waals surface area contributed by atoms with E-state index in [0.717, 1.165) is 48.9 Å². The lowest BCUT2D eigenvalue weighted by Crippen LogP contribution is -2.20. The lowest BCUT2D eigenvalue weighted by molar-refractivity contribution is 0.352. The van der Waals surface area contributed by atoms with Crippen LogP contribution >= 0.6 is 15.9 Å². The number of benzene rings is 1. The second kappa shape index (κ2) is 5.87. The molecule has 3 heteroatoms. The molecule has 2 nitrogen and oxygen atoms in total. The lowest BCUT2D eigenvalue weighted by Gasteiger charge is -2.12. The molecule has 1 aromatic carbocycles. The summed E-state index contributed by atoms with van der Waals surface area (Å²) >= 11 is 3.57. The molecule has 2 N–H and O–H groups in total. The summed E-state index contributed by atoms with van der Waals surface area (Å²) in [7, 11) is 0. The summed E-state index contributed by atoms with van der Waals surface area (Å²) in [6.45, 7) is 3.00. The predicted molar refractivity (Wildman–Crippen MR) is 74.5 cm³/mol. The number of nitrogens with two attached hydrogens (primary N) is 1. The number of aryl methyl sites for hydroxylation is 1. The van der Waals surface area contributed by atoms with E-state index in [-0.39, 0.29) is 0 Å². The van der Waals surface area contributed by atoms with Crippen molar-refractivity contribution in [2.45, 2.75) is 45.1 Å². The van der Waals surface area contributed by atoms with Crippen molar-refractivity contribution < 1.29 is 4.74 Å². The molecule has 0 spiro atoms. The van der Waals surface area contributed by atoms with Gasteiger partial charge in [-0.1, -0.05) is 29.3 Å². The smallest absolute Gasteiger partial charge is 0.125 e. The van der Waals surface area contributed by atoms with Crippen LogP contribution in [0, 0.1) is 0 Å². The minimum Gasteiger partial charge on any atom is -0.493 e. The Morgan fingerprint density at radius 2 is 2.24 bits per heavy atom. The number of ether oxygens (including phenoxy) is 1. The van der Waals surface area contributed by atoms with Crippen molar-refractivity contribution in [1.29, 1.82) is 0 Å². The highest BCUT2D eigenvalue weighted by atomic mass is 79.9. The second-order valence-electron chi connectivity index (χ2n) is 4.74. The van der Waals surface area contributed by atoms with Gasteiger partial charge >= 0.3 is 0 Å². The van der Waals surface area contributed by atoms with Crippen LogP contribution in [0.2, 0.25) is 0 Å². The fraction of sp³-hybridized carbons (Fsp3) is 0.571. The lowest BCUT2D eigenvalue weighted by atomic mass is 10.00. The number of hydrogen-bond donors (Lipinski definition) is 1. The molecule has 1 aromatic rings. The van der Waals surface area contributed by atoms with Crippen LogP contribution < -0.4 is 10.5 Å². The molecule has 17 heavy (non-hydrogen) atoms. The third kappa shape index (κ3) is 3.23. The zero-order valence-corrected chi connectivity index (χ0v) is 11.9. The van der Waals surface area contributed by atoms with Crippen LogP contribution in [-0.4, -0.2) is 12.6 Å². The van der Waals surface area contributed by atoms with Gasteiger partial charge in [0.25, 0.3) is 0 Å². The van der Waals surface area contributed by atoms with Crippen molar-refractivity contribution in [2.75, 3.05) is 6.61 Å². The summed E-state index contributed by atoms with van der Waals surface area (Å²) in [5, 5.41) is 0. The van der Waals surface area contributed by atoms with E-state index in [1.165, 1.54) is 11.1 Å². The van der Waals surface area contributed by atoms with Crippen LogP contribution in [0.15, 0.2) is 16.6 Å². The fourth-order valence-electron chi connectivity index (χ4n) is 2.39. The van der Waals surface area contributed by atoms with Gasteiger partial charge in [0.2, 0.25) is 0 Å². The van der Waals surface area contributed by atoms with Crippen LogP contribution in [0.3, 0.4) is 0 Å². The summed E-state index contributed by atoms with van der Waals surface area (Å²) in [4.78, 5) is 0. The Kier molecular flexibility index (Phi) is 4.46. The summed E-state index contributed by atoms with van der Waals surface area (Å²) < 4.78 is 6.87. The first-order valence-corrected chi connectivity index (χ1v) is 7.19. The van der Waals surface area contributed by atoms with E-state index in [1.54, 1.807) is 0 Å². The van der Waals surface area contributed by atoms with E-state index < -0.39 is 0 Å². The van der Waals surface area contributed by atoms with E-state index in [4.69, 9.17) is 10.5 Å². The molecule has 2 rings (SSSR count). The minimum atomic E-state index is 0.316. The van der Waals surface area contributed by atoms with Gasteiger partial charge in [0.1, 0.15) is 5.75 Å². The Hall–Kier alpha value is -0.540. The van der Waals surface area contributed by atoms with E-state index in [9.17, 15) is 0 Å². The third-order valence-corrected chi connectivity index (χ3v) is 3.73. The van der Waals surface area contributed by atoms with Crippen molar-refractivity contribution in [3.63, 3.8) is 0 Å². The van der Waals surface area contributed by atoms with Crippen LogP contribution in [0.4, 0.5) is 0 Å². The van der Waals surface area contributed by atoms with Crippen LogP contribution in [-0.2, 0) is 12.8 Å². The van der Waals surface area contributed by atoms with E-state index >= 15 is 0 Å². The molecule has 0 bridgehead atoms. The Balaban J connectivity index is 2.05. The van der Waals surface area contributed by atoms with E-state index in [0.29, 0.717) is 6.04 Å². The summed E-state index contributed by atoms with van der Waals surface area (Å²) in [6.07, 6.45) is 5.36. The first-order chi connectivity index (χ1) is 8.20. The molecule has 1 heterocycles. The normalized spacial score (nSPS) is 15.5. The molecule has 0 radical (unpaired) electrons. The number of fused-ring (bicyclic) bond motifs is 1. The van der Waals surface area contributed by atoms with Crippen molar-refractivity contribution in [3.8, 4) is 5.75 Å². The zero-order chi connectivity index (χ0) is 12.3. The summed E-state index contributed by atoms with van der Waals surface area (Å²) in [5.41, 5.74) is 8.70. The van der Waals surface area contributed by atoms with Crippen molar-refractivity contribution in [3.05, 3.63) is 27.7 Å². The van der Waals surface area contributed by atoms with E-state index in [2.05, 4.69) is 35.0 Å². The van der Waals surface area contributed by atoms with E-state index in [1.807, 2.05) is 0 Å². The molecule has 1 aliphatic rings. The Labute approximate surface area is 112 Å². The minimum absolute atomic E-state index is 0.316. The molecule has 0 saturated carbocycles. The van der Waals surface area contributed by atoms with Crippen molar-refractivity contribution >= 4 is 15.9 Å². The standard InChI is InChI=1S/C14H20BrNO/c1-2-3-13(16)5-4-10-8-12(15)9-11-6-7-17-14(10)11/h8-9,13H,2-7,16H2,1H3. The molecule has 1 atom stereocenters. The predicted octanol–water partition coefficient (Wildman–Crippen LogP) is 3.44. The summed E-state index contributed by atoms with van der Waals surface area (Å²) in [5.74, 6) is 1.11. The largest absolute Gasteiger partial charge is 0.493 e. The fourth-order valence-corrected chi connectivity index (χ4v) is 2.94. The van der Waals surface area contributed by atoms with Gasteiger partial charge in [0, 0.05) is 16.9 Å². The molecule has 0 aromatic heterocycles. The van der Waals surface area contributed by atoms with Gasteiger partial charge in [0.05, 0.1) is 6.61 Å². The van der Waals surface area contributed by atoms with Gasteiger partial charge in [-0.05, 0) is 42.5 Å². The molecule has 0 amide bonds. The molecular formula is C14H20BrNO. The average Bonchev–Trinajstić information content (AvgIpc) is 2.74. The Morgan fingerprint density at radius 3 is 3.00 bits per heavy atom. The highest BCUT2D eigenvalue weighted by Gasteiger charge is 2.17. The first kappa shape index (κ1) is 12.9. The Bertz CT molecular complexity index is 392. The zero-order valence-electron chi connectivity index (χ0n) is 10.3. The molecule has 94 valence electrons. The molecule has 0 saturated heterocycles. The van der Waals surface area contributed by atoms with Crippen molar-refractivity contribution in [1.82, 2.24) is 0 Å².